The molecule has 0 aliphatic heterocycles. The smallest absolute Gasteiger partial charge is 0.247 e. The summed E-state index contributed by atoms with van der Waals surface area (Å²) < 4.78 is 5.29. The first-order valence-corrected chi connectivity index (χ1v) is 7.19. The number of methoxy groups -OCH3 is 1. The van der Waals surface area contributed by atoms with Crippen molar-refractivity contribution < 1.29 is 9.53 Å². The average Bonchev–Trinajstić information content (AvgIpc) is 2.52. The summed E-state index contributed by atoms with van der Waals surface area (Å²) in [4.78, 5) is 15.6. The zero-order chi connectivity index (χ0) is 17.4. The zero-order valence-corrected chi connectivity index (χ0v) is 14.2. The van der Waals surface area contributed by atoms with Crippen molar-refractivity contribution >= 4 is 34.7 Å². The fraction of sp³-hybridized carbons (Fsp3) is 0.176. The molecule has 1 rings (SSSR count). The molecule has 0 radical (unpaired) electrons. The van der Waals surface area contributed by atoms with Crippen molar-refractivity contribution in [3.63, 3.8) is 0 Å². The van der Waals surface area contributed by atoms with Crippen molar-refractivity contribution in [2.75, 3.05) is 17.7 Å². The Morgan fingerprint density at radius 1 is 1.35 bits per heavy atom. The number of ether oxygens (including phenoxy) is 1. The van der Waals surface area contributed by atoms with E-state index >= 15 is 0 Å². The van der Waals surface area contributed by atoms with Crippen LogP contribution in [0.2, 0.25) is 0 Å². The van der Waals surface area contributed by atoms with E-state index in [-0.39, 0.29) is 5.91 Å². The van der Waals surface area contributed by atoms with Crippen LogP contribution in [-0.4, -0.2) is 18.9 Å². The van der Waals surface area contributed by atoms with Gasteiger partial charge >= 0.3 is 0 Å². The standard InChI is InChI=1S/C17H20ClN3O2/c1-6-17(22)21-13-7-8-16(23-5)15(9-13)20-12(4)19-10-14(18)11(2)3/h6-10H,1-2H2,3-5H3,(H,19,20)(H,21,22)/b14-10+. The Labute approximate surface area is 141 Å². The molecule has 1 amide bonds. The Kier molecular flexibility index (Phi) is 7.09. The molecule has 5 nitrogen and oxygen atoms in total. The summed E-state index contributed by atoms with van der Waals surface area (Å²) in [6.07, 6.45) is 2.72. The molecule has 1 aromatic carbocycles. The summed E-state index contributed by atoms with van der Waals surface area (Å²) in [7, 11) is 1.56. The van der Waals surface area contributed by atoms with E-state index in [0.29, 0.717) is 28.0 Å². The molecule has 0 aliphatic carbocycles. The van der Waals surface area contributed by atoms with Gasteiger partial charge in [-0.1, -0.05) is 24.8 Å². The second-order valence-electron chi connectivity index (χ2n) is 4.71. The molecule has 122 valence electrons. The molecule has 0 atom stereocenters. The van der Waals surface area contributed by atoms with Crippen molar-refractivity contribution in [3.8, 4) is 5.75 Å². The Hall–Kier alpha value is -2.53. The van der Waals surface area contributed by atoms with Crippen LogP contribution in [-0.2, 0) is 4.79 Å². The summed E-state index contributed by atoms with van der Waals surface area (Å²) >= 11 is 5.96. The summed E-state index contributed by atoms with van der Waals surface area (Å²) in [6.45, 7) is 10.7. The van der Waals surface area contributed by atoms with Crippen LogP contribution in [0, 0.1) is 0 Å². The van der Waals surface area contributed by atoms with Crippen LogP contribution in [0.3, 0.4) is 0 Å². The molecule has 0 unspecified atom stereocenters. The van der Waals surface area contributed by atoms with Gasteiger partial charge in [0.25, 0.3) is 0 Å². The van der Waals surface area contributed by atoms with E-state index in [2.05, 4.69) is 28.8 Å². The first kappa shape index (κ1) is 18.5. The minimum atomic E-state index is -0.289. The van der Waals surface area contributed by atoms with Gasteiger partial charge in [0.05, 0.1) is 17.8 Å². The molecular formula is C17H20ClN3O2. The van der Waals surface area contributed by atoms with Gasteiger partial charge in [0.2, 0.25) is 5.91 Å². The molecule has 0 bridgehead atoms. The number of carbonyl (C=O) groups is 1. The Morgan fingerprint density at radius 2 is 2.04 bits per heavy atom. The SMILES string of the molecule is C=CC(=O)Nc1ccc(OC)c(N/C(C)=N/C=C(/Cl)C(=C)C)c1. The molecular weight excluding hydrogens is 314 g/mol. The number of anilines is 2. The monoisotopic (exact) mass is 333 g/mol. The maximum absolute atomic E-state index is 11.4. The topological polar surface area (TPSA) is 62.7 Å². The van der Waals surface area contributed by atoms with Crippen LogP contribution in [0.15, 0.2) is 59.2 Å². The molecule has 0 saturated heterocycles. The summed E-state index contributed by atoms with van der Waals surface area (Å²) in [5.74, 6) is 0.934. The van der Waals surface area contributed by atoms with E-state index in [0.717, 1.165) is 5.57 Å². The van der Waals surface area contributed by atoms with Crippen molar-refractivity contribution in [1.82, 2.24) is 0 Å². The lowest BCUT2D eigenvalue weighted by atomic mass is 10.2. The quantitative estimate of drug-likeness (QED) is 0.353. The molecule has 0 heterocycles. The first-order valence-electron chi connectivity index (χ1n) is 6.81. The van der Waals surface area contributed by atoms with Gasteiger partial charge in [0, 0.05) is 11.9 Å². The third kappa shape index (κ3) is 6.00. The second kappa shape index (κ2) is 8.80. The number of carbonyl (C=O) groups excluding carboxylic acids is 1. The number of amides is 1. The highest BCUT2D eigenvalue weighted by atomic mass is 35.5. The van der Waals surface area contributed by atoms with Crippen molar-refractivity contribution in [2.45, 2.75) is 13.8 Å². The number of aliphatic imine (C=N–C) groups is 1. The molecule has 6 heteroatoms. The van der Waals surface area contributed by atoms with Crippen LogP contribution in [0.1, 0.15) is 13.8 Å². The minimum Gasteiger partial charge on any atom is -0.495 e. The number of halogens is 1. The van der Waals surface area contributed by atoms with Gasteiger partial charge in [0.15, 0.2) is 0 Å². The van der Waals surface area contributed by atoms with Crippen molar-refractivity contribution in [2.24, 2.45) is 4.99 Å². The lowest BCUT2D eigenvalue weighted by molar-refractivity contribution is -0.111. The van der Waals surface area contributed by atoms with Crippen LogP contribution in [0.5, 0.6) is 5.75 Å². The fourth-order valence-electron chi connectivity index (χ4n) is 1.57. The third-order valence-corrected chi connectivity index (χ3v) is 3.17. The lowest BCUT2D eigenvalue weighted by Gasteiger charge is -2.12. The zero-order valence-electron chi connectivity index (χ0n) is 13.4. The molecule has 0 aliphatic rings. The van der Waals surface area contributed by atoms with Gasteiger partial charge < -0.3 is 15.4 Å². The number of amidine groups is 1. The van der Waals surface area contributed by atoms with E-state index < -0.39 is 0 Å². The predicted molar refractivity (Wildman–Crippen MR) is 97.3 cm³/mol. The third-order valence-electron chi connectivity index (χ3n) is 2.75. The predicted octanol–water partition coefficient (Wildman–Crippen LogP) is 4.31. The number of benzene rings is 1. The number of hydrogen-bond donors (Lipinski definition) is 2. The summed E-state index contributed by atoms with van der Waals surface area (Å²) in [6, 6.07) is 5.21. The van der Waals surface area contributed by atoms with Crippen LogP contribution < -0.4 is 15.4 Å². The normalized spacial score (nSPS) is 11.7. The average molecular weight is 334 g/mol. The van der Waals surface area contributed by atoms with Crippen molar-refractivity contribution in [3.05, 3.63) is 54.2 Å². The highest BCUT2D eigenvalue weighted by Gasteiger charge is 2.06. The maximum atomic E-state index is 11.4. The Bertz CT molecular complexity index is 678. The number of hydrogen-bond acceptors (Lipinski definition) is 3. The van der Waals surface area contributed by atoms with E-state index in [1.165, 1.54) is 12.3 Å². The van der Waals surface area contributed by atoms with Gasteiger partial charge in [-0.05, 0) is 43.7 Å². The molecule has 0 aromatic heterocycles. The van der Waals surface area contributed by atoms with Crippen molar-refractivity contribution in [1.29, 1.82) is 0 Å². The number of nitrogens with zero attached hydrogens (tertiary/aromatic N) is 1. The molecule has 0 fully saturated rings. The van der Waals surface area contributed by atoms with Gasteiger partial charge in [-0.15, -0.1) is 0 Å². The second-order valence-corrected chi connectivity index (χ2v) is 5.11. The van der Waals surface area contributed by atoms with Crippen LogP contribution >= 0.6 is 11.6 Å². The number of rotatable bonds is 6. The van der Waals surface area contributed by atoms with Gasteiger partial charge in [-0.3, -0.25) is 4.79 Å². The van der Waals surface area contributed by atoms with E-state index in [1.807, 2.05) is 0 Å². The van der Waals surface area contributed by atoms with Gasteiger partial charge in [-0.25, -0.2) is 4.99 Å². The van der Waals surface area contributed by atoms with Gasteiger partial charge in [-0.2, -0.15) is 0 Å². The van der Waals surface area contributed by atoms with Crippen LogP contribution in [0.4, 0.5) is 11.4 Å². The summed E-state index contributed by atoms with van der Waals surface area (Å²) in [5.41, 5.74) is 2.01. The lowest BCUT2D eigenvalue weighted by Crippen LogP contribution is -2.10. The van der Waals surface area contributed by atoms with E-state index in [4.69, 9.17) is 16.3 Å². The first-order chi connectivity index (χ1) is 10.9. The largest absolute Gasteiger partial charge is 0.495 e. The Morgan fingerprint density at radius 3 is 2.61 bits per heavy atom. The highest BCUT2D eigenvalue weighted by molar-refractivity contribution is 6.31. The van der Waals surface area contributed by atoms with Crippen LogP contribution in [0.25, 0.3) is 0 Å². The number of allylic oxidation sites excluding steroid dienone is 2. The highest BCUT2D eigenvalue weighted by Crippen LogP contribution is 2.28. The number of nitrogens with one attached hydrogen (secondary N) is 2. The molecule has 0 spiro atoms. The molecule has 1 aromatic rings. The molecule has 23 heavy (non-hydrogen) atoms. The molecule has 2 N–H and O–H groups in total. The minimum absolute atomic E-state index is 0.289. The van der Waals surface area contributed by atoms with E-state index in [1.54, 1.807) is 39.2 Å². The molecule has 0 saturated carbocycles. The fourth-order valence-corrected chi connectivity index (χ4v) is 1.62. The Balaban J connectivity index is 3.01. The van der Waals surface area contributed by atoms with Gasteiger partial charge in [0.1, 0.15) is 11.6 Å². The maximum Gasteiger partial charge on any atom is 0.247 e. The summed E-state index contributed by atoms with van der Waals surface area (Å²) in [5, 5.41) is 6.26. The van der Waals surface area contributed by atoms with E-state index in [9.17, 15) is 4.79 Å².